The minimum absolute atomic E-state index is 0.0688. The first-order valence-corrected chi connectivity index (χ1v) is 7.85. The number of nitrogens with one attached hydrogen (secondary N) is 1. The van der Waals surface area contributed by atoms with Crippen LogP contribution >= 0.6 is 0 Å². The van der Waals surface area contributed by atoms with Crippen LogP contribution in [0.2, 0.25) is 0 Å². The number of ether oxygens (including phenoxy) is 2. The molecule has 1 N–H and O–H groups in total. The summed E-state index contributed by atoms with van der Waals surface area (Å²) in [6.07, 6.45) is 1.99. The molecule has 0 unspecified atom stereocenters. The quantitative estimate of drug-likeness (QED) is 0.913. The van der Waals surface area contributed by atoms with Gasteiger partial charge in [0.05, 0.1) is 19.3 Å². The highest BCUT2D eigenvalue weighted by atomic mass is 16.5. The van der Waals surface area contributed by atoms with Gasteiger partial charge in [0.25, 0.3) is 0 Å². The minimum atomic E-state index is -0.0981. The summed E-state index contributed by atoms with van der Waals surface area (Å²) in [7, 11) is 3.44. The number of hydrogen-bond acceptors (Lipinski definition) is 3. The van der Waals surface area contributed by atoms with Gasteiger partial charge in [0, 0.05) is 39.0 Å². The maximum Gasteiger partial charge on any atom is 0.317 e. The van der Waals surface area contributed by atoms with E-state index in [1.54, 1.807) is 19.1 Å². The molecule has 0 aliphatic carbocycles. The van der Waals surface area contributed by atoms with Gasteiger partial charge in [-0.2, -0.15) is 0 Å². The number of nitrogens with zero attached hydrogens (tertiary/aromatic N) is 2. The van der Waals surface area contributed by atoms with Crippen molar-refractivity contribution in [3.8, 4) is 0 Å². The van der Waals surface area contributed by atoms with Crippen LogP contribution in [0.3, 0.4) is 0 Å². The van der Waals surface area contributed by atoms with Crippen molar-refractivity contribution in [3.05, 3.63) is 36.5 Å². The molecule has 1 fully saturated rings. The van der Waals surface area contributed by atoms with Gasteiger partial charge in [-0.25, -0.2) is 4.79 Å². The standard InChI is InChI=1S/C17H23N3O3/c1-19(17(21)18-14-11-23-12-16(14)22-2)9-10-20-8-7-13-5-3-4-6-15(13)20/h3-8,14,16H,9-12H2,1-2H3,(H,18,21)/t14-,16-/m0/s1. The van der Waals surface area contributed by atoms with Gasteiger partial charge in [-0.3, -0.25) is 0 Å². The van der Waals surface area contributed by atoms with Gasteiger partial charge >= 0.3 is 6.03 Å². The van der Waals surface area contributed by atoms with E-state index < -0.39 is 0 Å². The van der Waals surface area contributed by atoms with Gasteiger partial charge < -0.3 is 24.3 Å². The Labute approximate surface area is 136 Å². The molecule has 124 valence electrons. The van der Waals surface area contributed by atoms with Crippen LogP contribution < -0.4 is 5.32 Å². The first-order valence-electron chi connectivity index (χ1n) is 7.85. The summed E-state index contributed by atoms with van der Waals surface area (Å²) < 4.78 is 12.8. The zero-order valence-electron chi connectivity index (χ0n) is 13.6. The van der Waals surface area contributed by atoms with Crippen molar-refractivity contribution < 1.29 is 14.3 Å². The minimum Gasteiger partial charge on any atom is -0.377 e. The summed E-state index contributed by atoms with van der Waals surface area (Å²) >= 11 is 0. The van der Waals surface area contributed by atoms with Crippen LogP contribution in [0.4, 0.5) is 4.79 Å². The van der Waals surface area contributed by atoms with Gasteiger partial charge in [0.1, 0.15) is 6.10 Å². The van der Waals surface area contributed by atoms with Gasteiger partial charge in [0.15, 0.2) is 0 Å². The van der Waals surface area contributed by atoms with E-state index in [4.69, 9.17) is 9.47 Å². The molecule has 2 aromatic rings. The molecule has 1 aromatic carbocycles. The first kappa shape index (κ1) is 15.8. The topological polar surface area (TPSA) is 55.7 Å². The van der Waals surface area contributed by atoms with E-state index in [1.807, 2.05) is 12.1 Å². The number of urea groups is 1. The Morgan fingerprint density at radius 2 is 2.22 bits per heavy atom. The molecule has 2 atom stereocenters. The average molecular weight is 317 g/mol. The number of fused-ring (bicyclic) bond motifs is 1. The Hall–Kier alpha value is -2.05. The van der Waals surface area contributed by atoms with E-state index in [0.29, 0.717) is 19.8 Å². The SMILES string of the molecule is CO[C@H]1COC[C@@H]1NC(=O)N(C)CCn1ccc2ccccc21. The van der Waals surface area contributed by atoms with Crippen molar-refractivity contribution in [2.45, 2.75) is 18.7 Å². The fraction of sp³-hybridized carbons (Fsp3) is 0.471. The van der Waals surface area contributed by atoms with Crippen LogP contribution in [-0.2, 0) is 16.0 Å². The van der Waals surface area contributed by atoms with Crippen molar-refractivity contribution in [1.29, 1.82) is 0 Å². The average Bonchev–Trinajstić information content (AvgIpc) is 3.19. The van der Waals surface area contributed by atoms with E-state index in [9.17, 15) is 4.79 Å². The second kappa shape index (κ2) is 7.02. The molecule has 1 aromatic heterocycles. The Morgan fingerprint density at radius 1 is 1.39 bits per heavy atom. The fourth-order valence-corrected chi connectivity index (χ4v) is 2.87. The fourth-order valence-electron chi connectivity index (χ4n) is 2.87. The molecule has 1 aliphatic heterocycles. The molecule has 0 saturated carbocycles. The third kappa shape index (κ3) is 3.48. The normalized spacial score (nSPS) is 20.8. The van der Waals surface area contributed by atoms with Crippen LogP contribution in [0.25, 0.3) is 10.9 Å². The number of hydrogen-bond donors (Lipinski definition) is 1. The molecule has 6 nitrogen and oxygen atoms in total. The van der Waals surface area contributed by atoms with Crippen molar-refractivity contribution in [2.24, 2.45) is 0 Å². The van der Waals surface area contributed by atoms with E-state index in [0.717, 1.165) is 6.54 Å². The number of carbonyl (C=O) groups excluding carboxylic acids is 1. The van der Waals surface area contributed by atoms with Crippen LogP contribution in [0.15, 0.2) is 36.5 Å². The molecule has 23 heavy (non-hydrogen) atoms. The van der Waals surface area contributed by atoms with E-state index in [2.05, 4.69) is 34.3 Å². The largest absolute Gasteiger partial charge is 0.377 e. The molecule has 1 saturated heterocycles. The zero-order valence-corrected chi connectivity index (χ0v) is 13.6. The van der Waals surface area contributed by atoms with Crippen molar-refractivity contribution >= 4 is 16.9 Å². The molecular weight excluding hydrogens is 294 g/mol. The number of methoxy groups -OCH3 is 1. The summed E-state index contributed by atoms with van der Waals surface area (Å²) in [6.45, 7) is 2.42. The van der Waals surface area contributed by atoms with Gasteiger partial charge in [-0.1, -0.05) is 18.2 Å². The number of carbonyl (C=O) groups is 1. The van der Waals surface area contributed by atoms with Crippen molar-refractivity contribution in [3.63, 3.8) is 0 Å². The molecule has 0 spiro atoms. The third-order valence-electron chi connectivity index (χ3n) is 4.34. The second-order valence-electron chi connectivity index (χ2n) is 5.86. The van der Waals surface area contributed by atoms with Crippen molar-refractivity contribution in [2.75, 3.05) is 33.9 Å². The highest BCUT2D eigenvalue weighted by molar-refractivity contribution is 5.80. The Kier molecular flexibility index (Phi) is 4.83. The van der Waals surface area contributed by atoms with Crippen LogP contribution in [0.5, 0.6) is 0 Å². The summed E-state index contributed by atoms with van der Waals surface area (Å²) in [6, 6.07) is 10.2. The van der Waals surface area contributed by atoms with Gasteiger partial charge in [0.2, 0.25) is 0 Å². The maximum atomic E-state index is 12.3. The smallest absolute Gasteiger partial charge is 0.317 e. The molecular formula is C17H23N3O3. The van der Waals surface area contributed by atoms with Crippen LogP contribution in [0, 0.1) is 0 Å². The molecule has 6 heteroatoms. The Bertz CT molecular complexity index is 670. The lowest BCUT2D eigenvalue weighted by Gasteiger charge is -2.23. The number of aromatic nitrogens is 1. The monoisotopic (exact) mass is 317 g/mol. The Balaban J connectivity index is 1.54. The summed E-state index contributed by atoms with van der Waals surface area (Å²) in [5.41, 5.74) is 1.19. The zero-order chi connectivity index (χ0) is 16.2. The lowest BCUT2D eigenvalue weighted by atomic mass is 10.2. The molecule has 1 aliphatic rings. The number of para-hydroxylation sites is 1. The van der Waals surface area contributed by atoms with E-state index >= 15 is 0 Å². The third-order valence-corrected chi connectivity index (χ3v) is 4.34. The van der Waals surface area contributed by atoms with Crippen LogP contribution in [0.1, 0.15) is 0 Å². The van der Waals surface area contributed by atoms with Crippen molar-refractivity contribution in [1.82, 2.24) is 14.8 Å². The first-order chi connectivity index (χ1) is 11.2. The van der Waals surface area contributed by atoms with Gasteiger partial charge in [-0.15, -0.1) is 0 Å². The number of amides is 2. The highest BCUT2D eigenvalue weighted by Gasteiger charge is 2.30. The van der Waals surface area contributed by atoms with Crippen LogP contribution in [-0.4, -0.2) is 61.6 Å². The molecule has 0 bridgehead atoms. The number of rotatable bonds is 5. The molecule has 0 radical (unpaired) electrons. The molecule has 2 amide bonds. The predicted molar refractivity (Wildman–Crippen MR) is 88.5 cm³/mol. The van der Waals surface area contributed by atoms with Gasteiger partial charge in [-0.05, 0) is 17.5 Å². The van der Waals surface area contributed by atoms with E-state index in [-0.39, 0.29) is 18.2 Å². The predicted octanol–water partition coefficient (Wildman–Crippen LogP) is 1.70. The Morgan fingerprint density at radius 3 is 3.04 bits per heavy atom. The summed E-state index contributed by atoms with van der Waals surface area (Å²) in [5.74, 6) is 0. The highest BCUT2D eigenvalue weighted by Crippen LogP contribution is 2.15. The van der Waals surface area contributed by atoms with E-state index in [1.165, 1.54) is 10.9 Å². The molecule has 3 rings (SSSR count). The second-order valence-corrected chi connectivity index (χ2v) is 5.86. The lowest BCUT2D eigenvalue weighted by Crippen LogP contribution is -2.48. The number of likely N-dealkylation sites (N-methyl/N-ethyl adjacent to an activating group) is 1. The number of benzene rings is 1. The lowest BCUT2D eigenvalue weighted by molar-refractivity contribution is 0.0737. The molecule has 2 heterocycles. The maximum absolute atomic E-state index is 12.3. The summed E-state index contributed by atoms with van der Waals surface area (Å²) in [4.78, 5) is 14.0. The summed E-state index contributed by atoms with van der Waals surface area (Å²) in [5, 5.41) is 4.19.